The third-order valence-electron chi connectivity index (χ3n) is 6.88. The number of ether oxygens (including phenoxy) is 1. The van der Waals surface area contributed by atoms with Crippen molar-refractivity contribution >= 4 is 49.4 Å². The zero-order chi connectivity index (χ0) is 27.9. The molecule has 1 fully saturated rings. The lowest BCUT2D eigenvalue weighted by atomic mass is 9.96. The number of nitrogens with zero attached hydrogens (tertiary/aromatic N) is 2. The highest BCUT2D eigenvalue weighted by molar-refractivity contribution is 9.11. The maximum absolute atomic E-state index is 13.6. The summed E-state index contributed by atoms with van der Waals surface area (Å²) in [5.74, 6) is 0.126. The lowest BCUT2D eigenvalue weighted by Gasteiger charge is -2.40. The van der Waals surface area contributed by atoms with Gasteiger partial charge >= 0.3 is 0 Å². The molecular weight excluding hydrogens is 634 g/mol. The van der Waals surface area contributed by atoms with E-state index in [4.69, 9.17) is 4.74 Å². The van der Waals surface area contributed by atoms with Gasteiger partial charge in [0.15, 0.2) is 6.61 Å². The third-order valence-corrected chi connectivity index (χ3v) is 7.99. The van der Waals surface area contributed by atoms with Gasteiger partial charge in [-0.25, -0.2) is 0 Å². The van der Waals surface area contributed by atoms with Gasteiger partial charge in [-0.15, -0.1) is 0 Å². The second kappa shape index (κ2) is 13.3. The van der Waals surface area contributed by atoms with Gasteiger partial charge in [-0.3, -0.25) is 14.5 Å². The van der Waals surface area contributed by atoms with E-state index in [1.54, 1.807) is 24.3 Å². The molecule has 8 heteroatoms. The summed E-state index contributed by atoms with van der Waals surface area (Å²) in [5, 5.41) is 2.86. The van der Waals surface area contributed by atoms with Crippen LogP contribution < -0.4 is 10.1 Å². The molecule has 6 nitrogen and oxygen atoms in total. The number of rotatable bonds is 8. The fraction of sp³-hybridized carbons (Fsp3) is 0.188. The van der Waals surface area contributed by atoms with Gasteiger partial charge in [0.05, 0.1) is 21.8 Å². The van der Waals surface area contributed by atoms with E-state index in [0.29, 0.717) is 30.1 Å². The number of hydrogen-bond acceptors (Lipinski definition) is 4. The topological polar surface area (TPSA) is 61.9 Å². The van der Waals surface area contributed by atoms with Crippen LogP contribution in [0.2, 0.25) is 0 Å². The zero-order valence-corrected chi connectivity index (χ0v) is 25.0. The predicted molar refractivity (Wildman–Crippen MR) is 165 cm³/mol. The van der Waals surface area contributed by atoms with Gasteiger partial charge < -0.3 is 15.0 Å². The summed E-state index contributed by atoms with van der Waals surface area (Å²) in [6.07, 6.45) is 0. The minimum absolute atomic E-state index is 0.0944. The maximum Gasteiger partial charge on any atom is 0.262 e. The summed E-state index contributed by atoms with van der Waals surface area (Å²) in [5.41, 5.74) is 3.42. The maximum atomic E-state index is 13.6. The van der Waals surface area contributed by atoms with E-state index < -0.39 is 0 Å². The van der Waals surface area contributed by atoms with E-state index >= 15 is 0 Å². The summed E-state index contributed by atoms with van der Waals surface area (Å²) in [6.45, 7) is 2.49. The van der Waals surface area contributed by atoms with Crippen molar-refractivity contribution in [1.29, 1.82) is 0 Å². The molecule has 0 atom stereocenters. The lowest BCUT2D eigenvalue weighted by Crippen LogP contribution is -2.50. The largest absolute Gasteiger partial charge is 0.483 e. The van der Waals surface area contributed by atoms with Crippen molar-refractivity contribution in [3.63, 3.8) is 0 Å². The van der Waals surface area contributed by atoms with Crippen LogP contribution >= 0.6 is 31.9 Å². The molecule has 1 aliphatic heterocycles. The van der Waals surface area contributed by atoms with Gasteiger partial charge in [0.2, 0.25) is 0 Å². The van der Waals surface area contributed by atoms with E-state index in [1.165, 1.54) is 11.1 Å². The number of carbonyl (C=O) groups excluding carboxylic acids is 2. The van der Waals surface area contributed by atoms with Gasteiger partial charge in [0.1, 0.15) is 5.75 Å². The monoisotopic (exact) mass is 661 g/mol. The van der Waals surface area contributed by atoms with Crippen molar-refractivity contribution in [3.05, 3.63) is 129 Å². The Balaban J connectivity index is 1.23. The number of amides is 2. The summed E-state index contributed by atoms with van der Waals surface area (Å²) in [4.78, 5) is 30.6. The smallest absolute Gasteiger partial charge is 0.262 e. The van der Waals surface area contributed by atoms with Crippen molar-refractivity contribution in [2.24, 2.45) is 0 Å². The van der Waals surface area contributed by atoms with Gasteiger partial charge in [-0.2, -0.15) is 0 Å². The average Bonchev–Trinajstić information content (AvgIpc) is 2.98. The van der Waals surface area contributed by atoms with Crippen LogP contribution in [0, 0.1) is 0 Å². The number of piperazine rings is 1. The zero-order valence-electron chi connectivity index (χ0n) is 21.8. The van der Waals surface area contributed by atoms with Gasteiger partial charge in [-0.1, -0.05) is 88.7 Å². The van der Waals surface area contributed by atoms with Gasteiger partial charge in [-0.05, 0) is 57.4 Å². The van der Waals surface area contributed by atoms with Crippen molar-refractivity contribution in [3.8, 4) is 5.75 Å². The fourth-order valence-corrected chi connectivity index (χ4v) is 6.10. The van der Waals surface area contributed by atoms with Gasteiger partial charge in [0.25, 0.3) is 11.8 Å². The van der Waals surface area contributed by atoms with Crippen LogP contribution in [-0.4, -0.2) is 54.4 Å². The number of anilines is 1. The molecule has 2 amide bonds. The summed E-state index contributed by atoms with van der Waals surface area (Å²) >= 11 is 6.84. The predicted octanol–water partition coefficient (Wildman–Crippen LogP) is 6.78. The molecule has 0 aromatic heterocycles. The molecule has 1 aliphatic rings. The van der Waals surface area contributed by atoms with Gasteiger partial charge in [0, 0.05) is 30.7 Å². The summed E-state index contributed by atoms with van der Waals surface area (Å²) < 4.78 is 7.31. The Morgan fingerprint density at radius 3 is 2.00 bits per heavy atom. The molecule has 0 bridgehead atoms. The number of nitrogens with one attached hydrogen (secondary N) is 1. The van der Waals surface area contributed by atoms with E-state index in [-0.39, 0.29) is 24.5 Å². The standard InChI is InChI=1S/C32H29Br2N3O3/c33-25-15-16-29(27(34)21-25)40-22-30(38)35-28-14-8-7-13-26(28)32(39)37-19-17-36(18-20-37)31(23-9-3-1-4-10-23)24-11-5-2-6-12-24/h1-16,21,31H,17-20,22H2,(H,35,38). The first kappa shape index (κ1) is 28.1. The number of hydrogen-bond donors (Lipinski definition) is 1. The minimum atomic E-state index is -0.339. The number of halogens is 2. The van der Waals surface area contributed by atoms with Crippen molar-refractivity contribution < 1.29 is 14.3 Å². The Kier molecular flexibility index (Phi) is 9.31. The first-order valence-corrected chi connectivity index (χ1v) is 14.7. The molecule has 4 aromatic carbocycles. The highest BCUT2D eigenvalue weighted by Gasteiger charge is 2.29. The third kappa shape index (κ3) is 6.81. The normalized spacial score (nSPS) is 13.7. The summed E-state index contributed by atoms with van der Waals surface area (Å²) in [6, 6.07) is 33.7. The average molecular weight is 663 g/mol. The van der Waals surface area contributed by atoms with E-state index in [2.05, 4.69) is 90.6 Å². The molecular formula is C32H29Br2N3O3. The van der Waals surface area contributed by atoms with Crippen LogP contribution in [0.1, 0.15) is 27.5 Å². The Labute approximate surface area is 251 Å². The Hall–Kier alpha value is -3.46. The first-order valence-electron chi connectivity index (χ1n) is 13.1. The molecule has 0 aliphatic carbocycles. The molecule has 0 unspecified atom stereocenters. The Morgan fingerprint density at radius 1 is 0.775 bits per heavy atom. The molecule has 40 heavy (non-hydrogen) atoms. The summed E-state index contributed by atoms with van der Waals surface area (Å²) in [7, 11) is 0. The molecule has 4 aromatic rings. The highest BCUT2D eigenvalue weighted by atomic mass is 79.9. The van der Waals surface area contributed by atoms with E-state index in [1.807, 2.05) is 35.2 Å². The SMILES string of the molecule is O=C(COc1ccc(Br)cc1Br)Nc1ccccc1C(=O)N1CCN(C(c2ccccc2)c2ccccc2)CC1. The van der Waals surface area contributed by atoms with Crippen LogP contribution in [-0.2, 0) is 4.79 Å². The molecule has 1 N–H and O–H groups in total. The Morgan fingerprint density at radius 2 is 1.38 bits per heavy atom. The number of carbonyl (C=O) groups is 2. The highest BCUT2D eigenvalue weighted by Crippen LogP contribution is 2.30. The van der Waals surface area contributed by atoms with Crippen molar-refractivity contribution in [2.75, 3.05) is 38.1 Å². The minimum Gasteiger partial charge on any atom is -0.483 e. The van der Waals surface area contributed by atoms with Crippen LogP contribution in [0.15, 0.2) is 112 Å². The molecule has 0 spiro atoms. The van der Waals surface area contributed by atoms with E-state index in [9.17, 15) is 9.59 Å². The van der Waals surface area contributed by atoms with Crippen LogP contribution in [0.3, 0.4) is 0 Å². The van der Waals surface area contributed by atoms with E-state index in [0.717, 1.165) is 22.0 Å². The first-order chi connectivity index (χ1) is 19.5. The number of benzene rings is 4. The molecule has 204 valence electrons. The number of para-hydroxylation sites is 1. The molecule has 0 radical (unpaired) electrons. The Bertz CT molecular complexity index is 1420. The van der Waals surface area contributed by atoms with Crippen LogP contribution in [0.5, 0.6) is 5.75 Å². The second-order valence-corrected chi connectivity index (χ2v) is 11.3. The van der Waals surface area contributed by atoms with Crippen LogP contribution in [0.4, 0.5) is 5.69 Å². The second-order valence-electron chi connectivity index (χ2n) is 9.51. The molecule has 0 saturated carbocycles. The van der Waals surface area contributed by atoms with Crippen molar-refractivity contribution in [1.82, 2.24) is 9.80 Å². The molecule has 1 saturated heterocycles. The van der Waals surface area contributed by atoms with Crippen molar-refractivity contribution in [2.45, 2.75) is 6.04 Å². The lowest BCUT2D eigenvalue weighted by molar-refractivity contribution is -0.118. The quantitative estimate of drug-likeness (QED) is 0.226. The molecule has 1 heterocycles. The van der Waals surface area contributed by atoms with Crippen LogP contribution in [0.25, 0.3) is 0 Å². The molecule has 5 rings (SSSR count). The fourth-order valence-electron chi connectivity index (χ4n) is 4.94.